The number of hydrazone groups is 1. The van der Waals surface area contributed by atoms with Crippen LogP contribution in [0.4, 0.5) is 0 Å². The Labute approximate surface area is 171 Å². The summed E-state index contributed by atoms with van der Waals surface area (Å²) in [6.07, 6.45) is 6.23. The van der Waals surface area contributed by atoms with Crippen molar-refractivity contribution in [3.05, 3.63) is 64.8 Å². The Morgan fingerprint density at radius 3 is 2.90 bits per heavy atom. The number of aryl methyl sites for hydroxylation is 2. The van der Waals surface area contributed by atoms with Crippen LogP contribution < -0.4 is 10.2 Å². The minimum absolute atomic E-state index is 0.213. The van der Waals surface area contributed by atoms with Gasteiger partial charge in [0.15, 0.2) is 0 Å². The van der Waals surface area contributed by atoms with Crippen LogP contribution in [0, 0.1) is 5.92 Å². The maximum atomic E-state index is 12.6. The Balaban J connectivity index is 1.47. The number of carbonyl (C=O) groups excluding carboxylic acids is 1. The minimum Gasteiger partial charge on any atom is -0.493 e. The van der Waals surface area contributed by atoms with Gasteiger partial charge in [-0.25, -0.2) is 5.43 Å². The number of hydrogen-bond acceptors (Lipinski definition) is 3. The second-order valence-electron chi connectivity index (χ2n) is 7.99. The van der Waals surface area contributed by atoms with Crippen molar-refractivity contribution in [2.24, 2.45) is 11.0 Å². The topological polar surface area (TPSA) is 66.5 Å². The van der Waals surface area contributed by atoms with Crippen LogP contribution in [0.25, 0.3) is 10.9 Å². The van der Waals surface area contributed by atoms with Gasteiger partial charge in [0.2, 0.25) is 0 Å². The first-order valence-electron chi connectivity index (χ1n) is 10.3. The van der Waals surface area contributed by atoms with E-state index in [4.69, 9.17) is 4.74 Å². The highest BCUT2D eigenvalue weighted by Crippen LogP contribution is 2.29. The quantitative estimate of drug-likeness (QED) is 0.468. The van der Waals surface area contributed by atoms with Crippen LogP contribution >= 0.6 is 0 Å². The minimum atomic E-state index is -0.213. The van der Waals surface area contributed by atoms with Crippen LogP contribution in [-0.2, 0) is 12.8 Å². The highest BCUT2D eigenvalue weighted by molar-refractivity contribution is 5.99. The van der Waals surface area contributed by atoms with Crippen LogP contribution in [0.15, 0.2) is 47.6 Å². The van der Waals surface area contributed by atoms with E-state index in [9.17, 15) is 4.79 Å². The molecule has 29 heavy (non-hydrogen) atoms. The Kier molecular flexibility index (Phi) is 5.65. The zero-order chi connectivity index (χ0) is 20.2. The molecule has 0 aliphatic heterocycles. The lowest BCUT2D eigenvalue weighted by Crippen LogP contribution is -2.17. The molecular formula is C24H27N3O2. The molecule has 2 aromatic carbocycles. The highest BCUT2D eigenvalue weighted by Gasteiger charge is 2.16. The lowest BCUT2D eigenvalue weighted by molar-refractivity contribution is 0.0955. The van der Waals surface area contributed by atoms with Crippen LogP contribution in [0.3, 0.4) is 0 Å². The summed E-state index contributed by atoms with van der Waals surface area (Å²) >= 11 is 0. The number of benzene rings is 2. The summed E-state index contributed by atoms with van der Waals surface area (Å²) in [7, 11) is 0. The number of aromatic nitrogens is 1. The van der Waals surface area contributed by atoms with Crippen LogP contribution in [0.5, 0.6) is 5.75 Å². The normalized spacial score (nSPS) is 13.8. The van der Waals surface area contributed by atoms with Crippen LogP contribution in [0.1, 0.15) is 53.9 Å². The Hall–Kier alpha value is -3.08. The molecule has 1 aliphatic carbocycles. The van der Waals surface area contributed by atoms with E-state index in [1.165, 1.54) is 24.1 Å². The van der Waals surface area contributed by atoms with Gasteiger partial charge in [0.1, 0.15) is 5.75 Å². The average Bonchev–Trinajstić information content (AvgIpc) is 3.10. The third-order valence-electron chi connectivity index (χ3n) is 5.22. The van der Waals surface area contributed by atoms with Crippen molar-refractivity contribution >= 4 is 23.0 Å². The third kappa shape index (κ3) is 4.34. The Morgan fingerprint density at radius 2 is 2.03 bits per heavy atom. The maximum Gasteiger partial charge on any atom is 0.271 e. The van der Waals surface area contributed by atoms with E-state index in [1.807, 2.05) is 42.5 Å². The molecule has 5 heteroatoms. The molecule has 0 spiro atoms. The van der Waals surface area contributed by atoms with Gasteiger partial charge in [-0.05, 0) is 67.5 Å². The maximum absolute atomic E-state index is 12.6. The fraction of sp³-hybridized carbons (Fsp3) is 0.333. The van der Waals surface area contributed by atoms with Gasteiger partial charge >= 0.3 is 0 Å². The molecule has 0 saturated carbocycles. The van der Waals surface area contributed by atoms with Crippen LogP contribution in [0.2, 0.25) is 0 Å². The number of H-pyrrole nitrogens is 1. The molecule has 2 N–H and O–H groups in total. The fourth-order valence-corrected chi connectivity index (χ4v) is 3.75. The summed E-state index contributed by atoms with van der Waals surface area (Å²) in [5.41, 5.74) is 7.88. The van der Waals surface area contributed by atoms with Gasteiger partial charge in [-0.3, -0.25) is 4.79 Å². The number of aromatic amines is 1. The van der Waals surface area contributed by atoms with Crippen molar-refractivity contribution in [3.8, 4) is 5.75 Å². The number of ether oxygens (including phenoxy) is 1. The smallest absolute Gasteiger partial charge is 0.271 e. The van der Waals surface area contributed by atoms with Gasteiger partial charge in [-0.15, -0.1) is 0 Å². The van der Waals surface area contributed by atoms with Gasteiger partial charge in [0.05, 0.1) is 12.8 Å². The predicted octanol–water partition coefficient (Wildman–Crippen LogP) is 4.85. The van der Waals surface area contributed by atoms with Crippen molar-refractivity contribution in [1.29, 1.82) is 0 Å². The molecule has 4 rings (SSSR count). The summed E-state index contributed by atoms with van der Waals surface area (Å²) in [4.78, 5) is 16.1. The van der Waals surface area contributed by atoms with Gasteiger partial charge in [0, 0.05) is 27.7 Å². The number of rotatable bonds is 6. The average molecular weight is 389 g/mol. The first kappa shape index (κ1) is 19.2. The Morgan fingerprint density at radius 1 is 1.21 bits per heavy atom. The summed E-state index contributed by atoms with van der Waals surface area (Å²) in [5.74, 6) is 0.989. The van der Waals surface area contributed by atoms with Crippen molar-refractivity contribution < 1.29 is 9.53 Å². The monoisotopic (exact) mass is 389 g/mol. The van der Waals surface area contributed by atoms with E-state index in [1.54, 1.807) is 6.21 Å². The molecule has 1 heterocycles. The van der Waals surface area contributed by atoms with Gasteiger partial charge in [0.25, 0.3) is 5.91 Å². The van der Waals surface area contributed by atoms with Crippen molar-refractivity contribution in [3.63, 3.8) is 0 Å². The first-order chi connectivity index (χ1) is 14.1. The molecule has 0 atom stereocenters. The van der Waals surface area contributed by atoms with E-state index < -0.39 is 0 Å². The van der Waals surface area contributed by atoms with Gasteiger partial charge in [-0.2, -0.15) is 5.10 Å². The summed E-state index contributed by atoms with van der Waals surface area (Å²) in [5, 5.41) is 5.30. The summed E-state index contributed by atoms with van der Waals surface area (Å²) in [6, 6.07) is 13.5. The standard InChI is InChI=1S/C24H27N3O2/c1-16(2)15-29-23-10-6-3-7-18(23)14-25-27-24(28)17-11-12-22-20(13-17)19-8-4-5-9-21(19)26-22/h3,6-7,10-14,16,26H,4-5,8-9,15H2,1-2H3,(H,27,28)/b25-14-. The molecule has 5 nitrogen and oxygen atoms in total. The van der Waals surface area contributed by atoms with E-state index in [2.05, 4.69) is 29.4 Å². The molecule has 0 radical (unpaired) electrons. The molecule has 1 aromatic heterocycles. The second-order valence-corrected chi connectivity index (χ2v) is 7.99. The van der Waals surface area contributed by atoms with E-state index >= 15 is 0 Å². The summed E-state index contributed by atoms with van der Waals surface area (Å²) < 4.78 is 5.83. The van der Waals surface area contributed by atoms with Crippen molar-refractivity contribution in [1.82, 2.24) is 10.4 Å². The van der Waals surface area contributed by atoms with Crippen molar-refractivity contribution in [2.45, 2.75) is 39.5 Å². The molecule has 150 valence electrons. The van der Waals surface area contributed by atoms with Crippen LogP contribution in [-0.4, -0.2) is 23.7 Å². The van der Waals surface area contributed by atoms with E-state index in [0.717, 1.165) is 35.1 Å². The zero-order valence-corrected chi connectivity index (χ0v) is 17.0. The number of hydrogen-bond donors (Lipinski definition) is 2. The number of nitrogens with one attached hydrogen (secondary N) is 2. The molecule has 1 aliphatic rings. The number of fused-ring (bicyclic) bond motifs is 3. The fourth-order valence-electron chi connectivity index (χ4n) is 3.75. The predicted molar refractivity (Wildman–Crippen MR) is 117 cm³/mol. The second kappa shape index (κ2) is 8.52. The lowest BCUT2D eigenvalue weighted by Gasteiger charge is -2.11. The largest absolute Gasteiger partial charge is 0.493 e. The number of nitrogens with zero attached hydrogens (tertiary/aromatic N) is 1. The SMILES string of the molecule is CC(C)COc1ccccc1/C=N\NC(=O)c1ccc2[nH]c3c(c2c1)CCCC3. The van der Waals surface area contributed by atoms with Gasteiger partial charge < -0.3 is 9.72 Å². The third-order valence-corrected chi connectivity index (χ3v) is 5.22. The number of para-hydroxylation sites is 1. The van der Waals surface area contributed by atoms with E-state index in [-0.39, 0.29) is 5.91 Å². The number of amides is 1. The molecular weight excluding hydrogens is 362 g/mol. The molecule has 0 fully saturated rings. The highest BCUT2D eigenvalue weighted by atomic mass is 16.5. The molecule has 1 amide bonds. The molecule has 0 saturated heterocycles. The number of carbonyl (C=O) groups is 1. The van der Waals surface area contributed by atoms with Crippen molar-refractivity contribution in [2.75, 3.05) is 6.61 Å². The first-order valence-corrected chi connectivity index (χ1v) is 10.3. The molecule has 0 bridgehead atoms. The molecule has 3 aromatic rings. The van der Waals surface area contributed by atoms with Gasteiger partial charge in [-0.1, -0.05) is 26.0 Å². The summed E-state index contributed by atoms with van der Waals surface area (Å²) in [6.45, 7) is 4.85. The zero-order valence-electron chi connectivity index (χ0n) is 17.0. The van der Waals surface area contributed by atoms with E-state index in [0.29, 0.717) is 18.1 Å². The Bertz CT molecular complexity index is 1050. The molecule has 0 unspecified atom stereocenters. The lowest BCUT2D eigenvalue weighted by atomic mass is 9.95.